The number of hydrogen-bond acceptors (Lipinski definition) is 3. The van der Waals surface area contributed by atoms with Gasteiger partial charge in [-0.05, 0) is 49.3 Å². The molecule has 3 rings (SSSR count). The summed E-state index contributed by atoms with van der Waals surface area (Å²) in [4.78, 5) is 11.5. The number of halogens is 1. The Morgan fingerprint density at radius 1 is 1.39 bits per heavy atom. The number of rotatable bonds is 1. The second-order valence-electron chi connectivity index (χ2n) is 4.98. The lowest BCUT2D eigenvalue weighted by molar-refractivity contribution is 0.179. The first-order chi connectivity index (χ1) is 8.68. The van der Waals surface area contributed by atoms with Crippen LogP contribution in [-0.4, -0.2) is 32.9 Å². The van der Waals surface area contributed by atoms with E-state index in [4.69, 9.17) is 4.98 Å². The fourth-order valence-corrected chi connectivity index (χ4v) is 3.46. The summed E-state index contributed by atoms with van der Waals surface area (Å²) in [5, 5.41) is 0. The van der Waals surface area contributed by atoms with E-state index in [-0.39, 0.29) is 0 Å². The Kier molecular flexibility index (Phi) is 3.11. The minimum Gasteiger partial charge on any atom is -0.298 e. The summed E-state index contributed by atoms with van der Waals surface area (Å²) in [6.07, 6.45) is 7.62. The van der Waals surface area contributed by atoms with Gasteiger partial charge in [-0.1, -0.05) is 6.42 Å². The van der Waals surface area contributed by atoms with Crippen LogP contribution in [0.3, 0.4) is 0 Å². The lowest BCUT2D eigenvalue weighted by Gasteiger charge is -2.31. The van der Waals surface area contributed by atoms with E-state index in [1.165, 1.54) is 19.3 Å². The second-order valence-corrected chi connectivity index (χ2v) is 5.74. The lowest BCUT2D eigenvalue weighted by atomic mass is 10.0. The van der Waals surface area contributed by atoms with Gasteiger partial charge in [0.2, 0.25) is 0 Å². The van der Waals surface area contributed by atoms with Crippen LogP contribution in [0.4, 0.5) is 0 Å². The van der Waals surface area contributed by atoms with E-state index in [1.807, 2.05) is 19.3 Å². The zero-order chi connectivity index (χ0) is 12.7. The third kappa shape index (κ3) is 1.86. The van der Waals surface area contributed by atoms with E-state index in [9.17, 15) is 0 Å². The predicted molar refractivity (Wildman–Crippen MR) is 74.6 cm³/mol. The molecule has 1 saturated heterocycles. The van der Waals surface area contributed by atoms with Crippen LogP contribution in [0.25, 0.3) is 5.52 Å². The number of aryl methyl sites for hydroxylation is 1. The number of hydrogen-bond donors (Lipinski definition) is 0. The van der Waals surface area contributed by atoms with Gasteiger partial charge in [0, 0.05) is 12.4 Å². The molecular weight excluding hydrogens is 292 g/mol. The van der Waals surface area contributed by atoms with Crippen molar-refractivity contribution in [3.8, 4) is 0 Å². The van der Waals surface area contributed by atoms with E-state index in [1.54, 1.807) is 0 Å². The number of nitrogens with zero attached hydrogens (tertiary/aromatic N) is 4. The van der Waals surface area contributed by atoms with Gasteiger partial charge in [-0.25, -0.2) is 4.98 Å². The number of piperidine rings is 1. The van der Waals surface area contributed by atoms with Crippen LogP contribution >= 0.6 is 15.9 Å². The molecule has 0 aliphatic carbocycles. The van der Waals surface area contributed by atoms with Gasteiger partial charge in [0.25, 0.3) is 0 Å². The fourth-order valence-electron chi connectivity index (χ4n) is 2.81. The first-order valence-corrected chi connectivity index (χ1v) is 7.17. The van der Waals surface area contributed by atoms with Gasteiger partial charge in [0.15, 0.2) is 0 Å². The highest BCUT2D eigenvalue weighted by atomic mass is 79.9. The summed E-state index contributed by atoms with van der Waals surface area (Å²) in [5.74, 6) is 1.13. The SMILES string of the molecule is Cc1nccn2c(C3CCCCN3C)nc(Br)c12. The molecule has 0 aromatic carbocycles. The molecule has 2 aromatic heterocycles. The molecule has 18 heavy (non-hydrogen) atoms. The van der Waals surface area contributed by atoms with Gasteiger partial charge in [-0.3, -0.25) is 14.3 Å². The first kappa shape index (κ1) is 12.1. The van der Waals surface area contributed by atoms with Crippen molar-refractivity contribution >= 4 is 21.4 Å². The van der Waals surface area contributed by atoms with Gasteiger partial charge in [0.1, 0.15) is 15.9 Å². The molecule has 0 amide bonds. The number of aromatic nitrogens is 3. The second kappa shape index (κ2) is 4.63. The highest BCUT2D eigenvalue weighted by Crippen LogP contribution is 2.32. The van der Waals surface area contributed by atoms with E-state index in [0.29, 0.717) is 6.04 Å². The molecule has 96 valence electrons. The maximum Gasteiger partial charge on any atom is 0.134 e. The minimum atomic E-state index is 0.416. The highest BCUT2D eigenvalue weighted by Gasteiger charge is 2.26. The van der Waals surface area contributed by atoms with Gasteiger partial charge >= 0.3 is 0 Å². The molecule has 5 heteroatoms. The summed E-state index contributed by atoms with van der Waals surface area (Å²) in [7, 11) is 2.19. The first-order valence-electron chi connectivity index (χ1n) is 6.38. The van der Waals surface area contributed by atoms with Crippen molar-refractivity contribution in [1.82, 2.24) is 19.3 Å². The molecule has 0 bridgehead atoms. The third-order valence-electron chi connectivity index (χ3n) is 3.79. The highest BCUT2D eigenvalue weighted by molar-refractivity contribution is 9.10. The number of imidazole rings is 1. The number of fused-ring (bicyclic) bond motifs is 1. The Balaban J connectivity index is 2.15. The van der Waals surface area contributed by atoms with Crippen molar-refractivity contribution in [3.63, 3.8) is 0 Å². The Morgan fingerprint density at radius 3 is 3.00 bits per heavy atom. The summed E-state index contributed by atoms with van der Waals surface area (Å²) < 4.78 is 3.08. The molecule has 1 aliphatic rings. The molecule has 3 heterocycles. The van der Waals surface area contributed by atoms with Crippen LogP contribution in [0.5, 0.6) is 0 Å². The topological polar surface area (TPSA) is 33.4 Å². The molecule has 0 radical (unpaired) electrons. The molecule has 2 aromatic rings. The van der Waals surface area contributed by atoms with Crippen molar-refractivity contribution in [1.29, 1.82) is 0 Å². The van der Waals surface area contributed by atoms with Crippen LogP contribution in [-0.2, 0) is 0 Å². The fraction of sp³-hybridized carbons (Fsp3) is 0.538. The third-order valence-corrected chi connectivity index (χ3v) is 4.34. The van der Waals surface area contributed by atoms with Gasteiger partial charge in [0.05, 0.1) is 11.7 Å². The Morgan fingerprint density at radius 2 is 2.22 bits per heavy atom. The Hall–Kier alpha value is -0.940. The van der Waals surface area contributed by atoms with Crippen LogP contribution in [0.1, 0.15) is 36.8 Å². The van der Waals surface area contributed by atoms with E-state index >= 15 is 0 Å². The van der Waals surface area contributed by atoms with Gasteiger partial charge < -0.3 is 0 Å². The van der Waals surface area contributed by atoms with E-state index < -0.39 is 0 Å². The summed E-state index contributed by atoms with van der Waals surface area (Å²) in [5.41, 5.74) is 2.10. The molecule has 0 spiro atoms. The Labute approximate surface area is 115 Å². The molecule has 1 aliphatic heterocycles. The summed E-state index contributed by atoms with van der Waals surface area (Å²) in [6.45, 7) is 3.18. The smallest absolute Gasteiger partial charge is 0.134 e. The quantitative estimate of drug-likeness (QED) is 0.812. The van der Waals surface area contributed by atoms with Crippen LogP contribution < -0.4 is 0 Å². The average molecular weight is 309 g/mol. The molecule has 1 fully saturated rings. The van der Waals surface area contributed by atoms with Gasteiger partial charge in [-0.2, -0.15) is 0 Å². The normalized spacial score (nSPS) is 21.6. The molecule has 1 atom stereocenters. The molecular formula is C13H17BrN4. The zero-order valence-corrected chi connectivity index (χ0v) is 12.3. The Bertz CT molecular complexity index is 578. The predicted octanol–water partition coefficient (Wildman–Crippen LogP) is 2.96. The zero-order valence-electron chi connectivity index (χ0n) is 10.7. The largest absolute Gasteiger partial charge is 0.298 e. The lowest BCUT2D eigenvalue weighted by Crippen LogP contribution is -2.30. The van der Waals surface area contributed by atoms with Crippen LogP contribution in [0, 0.1) is 6.92 Å². The van der Waals surface area contributed by atoms with Crippen LogP contribution in [0.15, 0.2) is 17.0 Å². The standard InChI is InChI=1S/C13H17BrN4/c1-9-11-12(14)16-13(18(11)8-6-15-9)10-5-3-4-7-17(10)2/h6,8,10H,3-5,7H2,1-2H3. The molecule has 0 N–H and O–H groups in total. The van der Waals surface area contributed by atoms with E-state index in [0.717, 1.165) is 28.2 Å². The monoisotopic (exact) mass is 308 g/mol. The van der Waals surface area contributed by atoms with Crippen molar-refractivity contribution in [2.75, 3.05) is 13.6 Å². The average Bonchev–Trinajstić information content (AvgIpc) is 2.69. The van der Waals surface area contributed by atoms with E-state index in [2.05, 4.69) is 37.3 Å². The van der Waals surface area contributed by atoms with Crippen LogP contribution in [0.2, 0.25) is 0 Å². The summed E-state index contributed by atoms with van der Waals surface area (Å²) in [6, 6.07) is 0.416. The molecule has 0 saturated carbocycles. The van der Waals surface area contributed by atoms with Crippen molar-refractivity contribution < 1.29 is 0 Å². The maximum absolute atomic E-state index is 4.72. The van der Waals surface area contributed by atoms with Crippen molar-refractivity contribution in [2.24, 2.45) is 0 Å². The van der Waals surface area contributed by atoms with Gasteiger partial charge in [-0.15, -0.1) is 0 Å². The van der Waals surface area contributed by atoms with Crippen molar-refractivity contribution in [2.45, 2.75) is 32.2 Å². The maximum atomic E-state index is 4.72. The number of likely N-dealkylation sites (tertiary alicyclic amines) is 1. The minimum absolute atomic E-state index is 0.416. The van der Waals surface area contributed by atoms with Crippen molar-refractivity contribution in [3.05, 3.63) is 28.5 Å². The molecule has 1 unspecified atom stereocenters. The summed E-state index contributed by atoms with van der Waals surface area (Å²) >= 11 is 3.56. The molecule has 4 nitrogen and oxygen atoms in total.